The van der Waals surface area contributed by atoms with Gasteiger partial charge in [0.25, 0.3) is 0 Å². The monoisotopic (exact) mass is 211 g/mol. The van der Waals surface area contributed by atoms with Crippen LogP contribution in [0.4, 0.5) is 5.69 Å². The number of halogens is 1. The normalized spacial score (nSPS) is 19.9. The van der Waals surface area contributed by atoms with Gasteiger partial charge >= 0.3 is 0 Å². The quantitative estimate of drug-likeness (QED) is 0.771. The van der Waals surface area contributed by atoms with Crippen molar-refractivity contribution in [2.45, 2.75) is 19.9 Å². The van der Waals surface area contributed by atoms with Gasteiger partial charge in [0, 0.05) is 11.1 Å². The molecule has 1 aliphatic rings. The Morgan fingerprint density at radius 3 is 3.00 bits per heavy atom. The molecule has 14 heavy (non-hydrogen) atoms. The Morgan fingerprint density at radius 1 is 1.50 bits per heavy atom. The maximum absolute atomic E-state index is 5.87. The molecule has 1 heterocycles. The van der Waals surface area contributed by atoms with Crippen LogP contribution >= 0.6 is 11.6 Å². The number of hydrogen-bond donors (Lipinski definition) is 1. The molecule has 0 fully saturated rings. The molecule has 2 rings (SSSR count). The SMILES string of the molecule is CC(C)C1COc2cc(Cl)ccc2N1. The summed E-state index contributed by atoms with van der Waals surface area (Å²) in [4.78, 5) is 0. The number of benzene rings is 1. The van der Waals surface area contributed by atoms with Gasteiger partial charge in [0.15, 0.2) is 0 Å². The zero-order valence-electron chi connectivity index (χ0n) is 8.38. The second kappa shape index (κ2) is 3.70. The van der Waals surface area contributed by atoms with Gasteiger partial charge in [-0.3, -0.25) is 0 Å². The maximum atomic E-state index is 5.87. The number of nitrogens with one attached hydrogen (secondary N) is 1. The van der Waals surface area contributed by atoms with Crippen molar-refractivity contribution in [3.05, 3.63) is 23.2 Å². The minimum absolute atomic E-state index is 0.392. The van der Waals surface area contributed by atoms with E-state index in [0.29, 0.717) is 23.6 Å². The molecule has 0 amide bonds. The van der Waals surface area contributed by atoms with E-state index in [0.717, 1.165) is 11.4 Å². The summed E-state index contributed by atoms with van der Waals surface area (Å²) >= 11 is 5.87. The van der Waals surface area contributed by atoms with Gasteiger partial charge in [0.05, 0.1) is 11.7 Å². The summed E-state index contributed by atoms with van der Waals surface area (Å²) in [7, 11) is 0. The molecule has 0 saturated heterocycles. The van der Waals surface area contributed by atoms with Gasteiger partial charge in [-0.25, -0.2) is 0 Å². The zero-order chi connectivity index (χ0) is 10.1. The van der Waals surface area contributed by atoms with E-state index in [9.17, 15) is 0 Å². The lowest BCUT2D eigenvalue weighted by Crippen LogP contribution is -2.35. The molecule has 1 aromatic carbocycles. The molecule has 1 atom stereocenters. The lowest BCUT2D eigenvalue weighted by Gasteiger charge is -2.30. The third-order valence-electron chi connectivity index (χ3n) is 2.51. The van der Waals surface area contributed by atoms with E-state index in [-0.39, 0.29) is 0 Å². The van der Waals surface area contributed by atoms with Gasteiger partial charge in [-0.05, 0) is 18.1 Å². The first-order valence-corrected chi connectivity index (χ1v) is 5.23. The van der Waals surface area contributed by atoms with Crippen LogP contribution < -0.4 is 10.1 Å². The predicted octanol–water partition coefficient (Wildman–Crippen LogP) is 3.17. The van der Waals surface area contributed by atoms with Gasteiger partial charge in [-0.2, -0.15) is 0 Å². The fraction of sp³-hybridized carbons (Fsp3) is 0.455. The molecule has 1 N–H and O–H groups in total. The van der Waals surface area contributed by atoms with E-state index in [1.807, 2.05) is 18.2 Å². The summed E-state index contributed by atoms with van der Waals surface area (Å²) in [5.41, 5.74) is 1.04. The maximum Gasteiger partial charge on any atom is 0.143 e. The highest BCUT2D eigenvalue weighted by Gasteiger charge is 2.21. The summed E-state index contributed by atoms with van der Waals surface area (Å²) < 4.78 is 5.63. The smallest absolute Gasteiger partial charge is 0.143 e. The number of ether oxygens (including phenoxy) is 1. The van der Waals surface area contributed by atoms with Crippen LogP contribution in [0, 0.1) is 5.92 Å². The molecule has 0 spiro atoms. The molecule has 3 heteroatoms. The van der Waals surface area contributed by atoms with Crippen molar-refractivity contribution in [3.8, 4) is 5.75 Å². The Hall–Kier alpha value is -0.890. The fourth-order valence-electron chi connectivity index (χ4n) is 1.51. The van der Waals surface area contributed by atoms with Crippen molar-refractivity contribution < 1.29 is 4.74 Å². The lowest BCUT2D eigenvalue weighted by molar-refractivity contribution is 0.257. The molecule has 1 aliphatic heterocycles. The Morgan fingerprint density at radius 2 is 2.29 bits per heavy atom. The summed E-state index contributed by atoms with van der Waals surface area (Å²) in [5, 5.41) is 4.16. The van der Waals surface area contributed by atoms with Crippen molar-refractivity contribution in [1.29, 1.82) is 0 Å². The molecule has 0 radical (unpaired) electrons. The standard InChI is InChI=1S/C11H14ClNO/c1-7(2)10-6-14-11-5-8(12)3-4-9(11)13-10/h3-5,7,10,13H,6H2,1-2H3. The molecule has 2 nitrogen and oxygen atoms in total. The van der Waals surface area contributed by atoms with E-state index in [2.05, 4.69) is 19.2 Å². The van der Waals surface area contributed by atoms with Gasteiger partial charge in [-0.15, -0.1) is 0 Å². The molecule has 0 saturated carbocycles. The fourth-order valence-corrected chi connectivity index (χ4v) is 1.68. The predicted molar refractivity (Wildman–Crippen MR) is 59.2 cm³/mol. The summed E-state index contributed by atoms with van der Waals surface area (Å²) in [6.07, 6.45) is 0. The van der Waals surface area contributed by atoms with Crippen LogP contribution in [0.3, 0.4) is 0 Å². The second-order valence-corrected chi connectivity index (χ2v) is 4.38. The van der Waals surface area contributed by atoms with Crippen LogP contribution in [0.2, 0.25) is 5.02 Å². The molecule has 0 aromatic heterocycles. The highest BCUT2D eigenvalue weighted by molar-refractivity contribution is 6.30. The number of hydrogen-bond acceptors (Lipinski definition) is 2. The molecule has 0 bridgehead atoms. The van der Waals surface area contributed by atoms with Gasteiger partial charge in [0.1, 0.15) is 12.4 Å². The molecule has 1 unspecified atom stereocenters. The van der Waals surface area contributed by atoms with Crippen LogP contribution in [0.25, 0.3) is 0 Å². The summed E-state index contributed by atoms with van der Waals surface area (Å²) in [6.45, 7) is 5.08. The zero-order valence-corrected chi connectivity index (χ0v) is 9.14. The van der Waals surface area contributed by atoms with Crippen molar-refractivity contribution in [2.24, 2.45) is 5.92 Å². The first-order chi connectivity index (χ1) is 6.66. The van der Waals surface area contributed by atoms with Gasteiger partial charge in [0.2, 0.25) is 0 Å². The van der Waals surface area contributed by atoms with Crippen LogP contribution in [-0.4, -0.2) is 12.6 Å². The van der Waals surface area contributed by atoms with E-state index in [1.54, 1.807) is 0 Å². The summed E-state index contributed by atoms with van der Waals surface area (Å²) in [5.74, 6) is 1.42. The van der Waals surface area contributed by atoms with E-state index >= 15 is 0 Å². The third kappa shape index (κ3) is 1.80. The highest BCUT2D eigenvalue weighted by atomic mass is 35.5. The Kier molecular flexibility index (Phi) is 2.55. The van der Waals surface area contributed by atoms with Crippen LogP contribution in [0.5, 0.6) is 5.75 Å². The second-order valence-electron chi connectivity index (χ2n) is 3.95. The first-order valence-electron chi connectivity index (χ1n) is 4.85. The van der Waals surface area contributed by atoms with E-state index in [4.69, 9.17) is 16.3 Å². The molecule has 0 aliphatic carbocycles. The molecule has 1 aromatic rings. The van der Waals surface area contributed by atoms with Crippen LogP contribution in [-0.2, 0) is 0 Å². The van der Waals surface area contributed by atoms with Gasteiger partial charge < -0.3 is 10.1 Å². The number of fused-ring (bicyclic) bond motifs is 1. The Balaban J connectivity index is 2.23. The molecular formula is C11H14ClNO. The van der Waals surface area contributed by atoms with E-state index in [1.165, 1.54) is 0 Å². The Bertz CT molecular complexity index is 338. The average Bonchev–Trinajstić information content (AvgIpc) is 2.16. The Labute approximate surface area is 89.2 Å². The van der Waals surface area contributed by atoms with Crippen molar-refractivity contribution in [1.82, 2.24) is 0 Å². The number of anilines is 1. The van der Waals surface area contributed by atoms with Crippen molar-refractivity contribution in [3.63, 3.8) is 0 Å². The minimum Gasteiger partial charge on any atom is -0.489 e. The van der Waals surface area contributed by atoms with Crippen molar-refractivity contribution >= 4 is 17.3 Å². The topological polar surface area (TPSA) is 21.3 Å². The lowest BCUT2D eigenvalue weighted by atomic mass is 10.0. The average molecular weight is 212 g/mol. The third-order valence-corrected chi connectivity index (χ3v) is 2.74. The van der Waals surface area contributed by atoms with E-state index < -0.39 is 0 Å². The number of rotatable bonds is 1. The van der Waals surface area contributed by atoms with Crippen LogP contribution in [0.1, 0.15) is 13.8 Å². The first kappa shape index (κ1) is 9.66. The largest absolute Gasteiger partial charge is 0.489 e. The molecular weight excluding hydrogens is 198 g/mol. The molecule has 76 valence electrons. The van der Waals surface area contributed by atoms with Gasteiger partial charge in [-0.1, -0.05) is 25.4 Å². The van der Waals surface area contributed by atoms with Crippen molar-refractivity contribution in [2.75, 3.05) is 11.9 Å². The summed E-state index contributed by atoms with van der Waals surface area (Å²) in [6, 6.07) is 6.08. The van der Waals surface area contributed by atoms with Crippen LogP contribution in [0.15, 0.2) is 18.2 Å². The minimum atomic E-state index is 0.392. The highest BCUT2D eigenvalue weighted by Crippen LogP contribution is 2.32.